The van der Waals surface area contributed by atoms with Gasteiger partial charge >= 0.3 is 5.97 Å². The van der Waals surface area contributed by atoms with Gasteiger partial charge in [-0.1, -0.05) is 24.8 Å². The Hall–Kier alpha value is -3.72. The fourth-order valence-electron chi connectivity index (χ4n) is 4.09. The van der Waals surface area contributed by atoms with Crippen molar-refractivity contribution >= 4 is 28.7 Å². The molecule has 0 saturated heterocycles. The molecule has 3 aromatic rings. The number of unbranched alkanes of at least 4 members (excludes halogenated alkanes) is 1. The number of fused-ring (bicyclic) bond motifs is 2. The minimum Gasteiger partial charge on any atom is -0.480 e. The minimum absolute atomic E-state index is 0.0867. The third kappa shape index (κ3) is 6.66. The van der Waals surface area contributed by atoms with E-state index in [-0.39, 0.29) is 30.5 Å². The number of para-hydroxylation sites is 2. The molecule has 0 fully saturated rings. The van der Waals surface area contributed by atoms with Gasteiger partial charge in [-0.25, -0.2) is 9.78 Å². The molecule has 1 unspecified atom stereocenters. The molecule has 0 aliphatic carbocycles. The highest BCUT2D eigenvalue weighted by molar-refractivity contribution is 5.78. The maximum Gasteiger partial charge on any atom is 0.326 e. The second kappa shape index (κ2) is 11.6. The third-order valence-corrected chi connectivity index (χ3v) is 6.02. The summed E-state index contributed by atoms with van der Waals surface area (Å²) >= 11 is 0. The van der Waals surface area contributed by atoms with E-state index in [1.54, 1.807) is 12.1 Å². The minimum atomic E-state index is -1.04. The maximum absolute atomic E-state index is 12.2. The summed E-state index contributed by atoms with van der Waals surface area (Å²) in [5.41, 5.74) is 5.08. The van der Waals surface area contributed by atoms with Crippen LogP contribution in [-0.4, -0.2) is 46.1 Å². The normalized spacial score (nSPS) is 13.7. The number of carbonyl (C=O) groups excluding carboxylic acids is 1. The standard InChI is InChI=1S/C26H31N5O4/c1-17(25-31-21-7-3-4-8-23(21)35-25)29-22(26(33)34)13-15-28-24(32)9-5-2-6-19-11-10-18-16-27-14-12-20(18)30-19/h3-4,7-8,10-11,22,27,29H,1-2,5-6,9,12-16H2,(H,28,32)(H,33,34). The van der Waals surface area contributed by atoms with E-state index in [1.807, 2.05) is 12.1 Å². The molecule has 3 heterocycles. The van der Waals surface area contributed by atoms with Gasteiger partial charge in [0.15, 0.2) is 5.58 Å². The number of carbonyl (C=O) groups is 2. The molecular weight excluding hydrogens is 446 g/mol. The number of amides is 1. The lowest BCUT2D eigenvalue weighted by Gasteiger charge is -2.17. The van der Waals surface area contributed by atoms with Crippen LogP contribution in [0.3, 0.4) is 0 Å². The number of hydrogen-bond donors (Lipinski definition) is 4. The van der Waals surface area contributed by atoms with Crippen molar-refractivity contribution < 1.29 is 19.1 Å². The smallest absolute Gasteiger partial charge is 0.326 e. The summed E-state index contributed by atoms with van der Waals surface area (Å²) in [6.07, 6.45) is 4.03. The Morgan fingerprint density at radius 2 is 2.03 bits per heavy atom. The molecule has 0 spiro atoms. The van der Waals surface area contributed by atoms with Crippen LogP contribution in [-0.2, 0) is 29.0 Å². The van der Waals surface area contributed by atoms with Gasteiger partial charge in [0.05, 0.1) is 5.70 Å². The molecular formula is C26H31N5O4. The zero-order valence-corrected chi connectivity index (χ0v) is 19.7. The first-order chi connectivity index (χ1) is 17.0. The van der Waals surface area contributed by atoms with Gasteiger partial charge < -0.3 is 25.5 Å². The number of benzene rings is 1. The summed E-state index contributed by atoms with van der Waals surface area (Å²) in [4.78, 5) is 32.9. The molecule has 9 nitrogen and oxygen atoms in total. The summed E-state index contributed by atoms with van der Waals surface area (Å²) in [5, 5.41) is 18.6. The molecule has 35 heavy (non-hydrogen) atoms. The Morgan fingerprint density at radius 3 is 2.86 bits per heavy atom. The summed E-state index contributed by atoms with van der Waals surface area (Å²) in [6, 6.07) is 10.5. The predicted octanol–water partition coefficient (Wildman–Crippen LogP) is 2.80. The quantitative estimate of drug-likeness (QED) is 0.293. The van der Waals surface area contributed by atoms with Gasteiger partial charge in [-0.2, -0.15) is 0 Å². The van der Waals surface area contributed by atoms with Crippen molar-refractivity contribution in [3.63, 3.8) is 0 Å². The van der Waals surface area contributed by atoms with Gasteiger partial charge in [-0.15, -0.1) is 0 Å². The number of nitrogens with one attached hydrogen (secondary N) is 3. The Labute approximate surface area is 204 Å². The van der Waals surface area contributed by atoms with Gasteiger partial charge in [0, 0.05) is 43.9 Å². The summed E-state index contributed by atoms with van der Waals surface area (Å²) in [5.74, 6) is -0.882. The summed E-state index contributed by atoms with van der Waals surface area (Å²) < 4.78 is 5.62. The van der Waals surface area contributed by atoms with Gasteiger partial charge in [0.25, 0.3) is 0 Å². The Kier molecular flexibility index (Phi) is 8.10. The van der Waals surface area contributed by atoms with Crippen LogP contribution in [0.1, 0.15) is 48.5 Å². The van der Waals surface area contributed by atoms with Crippen LogP contribution < -0.4 is 16.0 Å². The number of rotatable bonds is 12. The van der Waals surface area contributed by atoms with Gasteiger partial charge in [-0.3, -0.25) is 9.78 Å². The molecule has 2 aromatic heterocycles. The predicted molar refractivity (Wildman–Crippen MR) is 132 cm³/mol. The number of aromatic nitrogens is 2. The second-order valence-corrected chi connectivity index (χ2v) is 8.68. The van der Waals surface area contributed by atoms with E-state index in [0.717, 1.165) is 44.5 Å². The Balaban J connectivity index is 1.16. The van der Waals surface area contributed by atoms with E-state index in [0.29, 0.717) is 17.5 Å². The maximum atomic E-state index is 12.2. The molecule has 1 aliphatic heterocycles. The number of nitrogens with zero attached hydrogens (tertiary/aromatic N) is 2. The zero-order valence-electron chi connectivity index (χ0n) is 19.7. The van der Waals surface area contributed by atoms with Gasteiger partial charge in [-0.05, 0) is 49.4 Å². The zero-order chi connectivity index (χ0) is 24.6. The molecule has 1 aromatic carbocycles. The lowest BCUT2D eigenvalue weighted by atomic mass is 10.0. The molecule has 9 heteroatoms. The van der Waals surface area contributed by atoms with Crippen LogP contribution in [0.4, 0.5) is 0 Å². The first-order valence-corrected chi connectivity index (χ1v) is 12.0. The van der Waals surface area contributed by atoms with Crippen molar-refractivity contribution in [3.05, 3.63) is 65.8 Å². The third-order valence-electron chi connectivity index (χ3n) is 6.02. The molecule has 1 amide bonds. The summed E-state index contributed by atoms with van der Waals surface area (Å²) in [7, 11) is 0. The lowest BCUT2D eigenvalue weighted by Crippen LogP contribution is -2.38. The fraction of sp³-hybridized carbons (Fsp3) is 0.385. The largest absolute Gasteiger partial charge is 0.480 e. The SMILES string of the molecule is C=C(NC(CCNC(=O)CCCCc1ccc2c(n1)CCNC2)C(=O)O)c1nc2ccccc2o1. The Bertz CT molecular complexity index is 1170. The van der Waals surface area contributed by atoms with Crippen LogP contribution in [0.5, 0.6) is 0 Å². The summed E-state index contributed by atoms with van der Waals surface area (Å²) in [6.45, 7) is 5.94. The fourth-order valence-corrected chi connectivity index (χ4v) is 4.09. The van der Waals surface area contributed by atoms with Crippen LogP contribution >= 0.6 is 0 Å². The van der Waals surface area contributed by atoms with E-state index >= 15 is 0 Å². The van der Waals surface area contributed by atoms with Crippen molar-refractivity contribution in [3.8, 4) is 0 Å². The molecule has 4 rings (SSSR count). The van der Waals surface area contributed by atoms with E-state index < -0.39 is 12.0 Å². The van der Waals surface area contributed by atoms with Gasteiger partial charge in [0.2, 0.25) is 11.8 Å². The number of oxazole rings is 1. The molecule has 1 aliphatic rings. The van der Waals surface area contributed by atoms with Crippen molar-refractivity contribution in [1.29, 1.82) is 0 Å². The van der Waals surface area contributed by atoms with Crippen molar-refractivity contribution in [2.45, 2.75) is 51.1 Å². The Morgan fingerprint density at radius 1 is 1.17 bits per heavy atom. The average Bonchev–Trinajstić information content (AvgIpc) is 3.30. The monoisotopic (exact) mass is 477 g/mol. The number of hydrogen-bond acceptors (Lipinski definition) is 7. The van der Waals surface area contributed by atoms with E-state index in [2.05, 4.69) is 39.6 Å². The first-order valence-electron chi connectivity index (χ1n) is 12.0. The highest BCUT2D eigenvalue weighted by Crippen LogP contribution is 2.19. The number of pyridine rings is 1. The van der Waals surface area contributed by atoms with Crippen LogP contribution in [0.15, 0.2) is 47.4 Å². The number of aliphatic carboxylic acids is 1. The second-order valence-electron chi connectivity index (χ2n) is 8.68. The van der Waals surface area contributed by atoms with Crippen molar-refractivity contribution in [2.24, 2.45) is 0 Å². The van der Waals surface area contributed by atoms with Crippen molar-refractivity contribution in [1.82, 2.24) is 25.9 Å². The number of carboxylic acids is 1. The van der Waals surface area contributed by atoms with Crippen LogP contribution in [0, 0.1) is 0 Å². The van der Waals surface area contributed by atoms with E-state index in [4.69, 9.17) is 9.40 Å². The molecule has 0 radical (unpaired) electrons. The van der Waals surface area contributed by atoms with Crippen LogP contribution in [0.2, 0.25) is 0 Å². The topological polar surface area (TPSA) is 129 Å². The number of carboxylic acid groups (broad SMARTS) is 1. The molecule has 1 atom stereocenters. The highest BCUT2D eigenvalue weighted by atomic mass is 16.4. The molecule has 0 saturated carbocycles. The molecule has 0 bridgehead atoms. The lowest BCUT2D eigenvalue weighted by molar-refractivity contribution is -0.139. The first kappa shape index (κ1) is 24.4. The van der Waals surface area contributed by atoms with E-state index in [9.17, 15) is 14.7 Å². The average molecular weight is 478 g/mol. The number of aryl methyl sites for hydroxylation is 1. The van der Waals surface area contributed by atoms with Crippen molar-refractivity contribution in [2.75, 3.05) is 13.1 Å². The highest BCUT2D eigenvalue weighted by Gasteiger charge is 2.20. The molecule has 184 valence electrons. The van der Waals surface area contributed by atoms with E-state index in [1.165, 1.54) is 11.3 Å². The van der Waals surface area contributed by atoms with Crippen LogP contribution in [0.25, 0.3) is 16.8 Å². The van der Waals surface area contributed by atoms with Gasteiger partial charge in [0.1, 0.15) is 11.6 Å². The molecule has 4 N–H and O–H groups in total.